The van der Waals surface area contributed by atoms with Crippen LogP contribution in [0.25, 0.3) is 10.8 Å². The summed E-state index contributed by atoms with van der Waals surface area (Å²) < 4.78 is 0. The summed E-state index contributed by atoms with van der Waals surface area (Å²) in [6.45, 7) is 1.81. The van der Waals surface area contributed by atoms with Gasteiger partial charge in [-0.05, 0) is 31.2 Å². The molecule has 0 aliphatic heterocycles. The minimum Gasteiger partial charge on any atom is -0.508 e. The summed E-state index contributed by atoms with van der Waals surface area (Å²) in [5, 5.41) is 34.1. The SMILES string of the molecule is Cc1c(O)cccc1Nc1cc(O)cc2c(O)cccc12. The van der Waals surface area contributed by atoms with Gasteiger partial charge >= 0.3 is 0 Å². The predicted molar refractivity (Wildman–Crippen MR) is 83.4 cm³/mol. The maximum Gasteiger partial charge on any atom is 0.123 e. The van der Waals surface area contributed by atoms with Crippen LogP contribution in [0.5, 0.6) is 17.2 Å². The molecule has 0 saturated heterocycles. The Bertz CT molecular complexity index is 828. The van der Waals surface area contributed by atoms with E-state index in [1.807, 2.05) is 12.1 Å². The highest BCUT2D eigenvalue weighted by Crippen LogP contribution is 2.36. The Morgan fingerprint density at radius 3 is 2.29 bits per heavy atom. The van der Waals surface area contributed by atoms with Crippen molar-refractivity contribution in [3.63, 3.8) is 0 Å². The largest absolute Gasteiger partial charge is 0.508 e. The van der Waals surface area contributed by atoms with Gasteiger partial charge in [-0.15, -0.1) is 0 Å². The van der Waals surface area contributed by atoms with Crippen LogP contribution in [0, 0.1) is 6.92 Å². The molecule has 0 atom stereocenters. The van der Waals surface area contributed by atoms with Gasteiger partial charge in [0, 0.05) is 28.1 Å². The Morgan fingerprint density at radius 2 is 1.48 bits per heavy atom. The van der Waals surface area contributed by atoms with Gasteiger partial charge in [0.1, 0.15) is 17.2 Å². The molecule has 0 bridgehead atoms. The van der Waals surface area contributed by atoms with Crippen LogP contribution in [0.2, 0.25) is 0 Å². The molecular weight excluding hydrogens is 266 g/mol. The number of hydrogen-bond donors (Lipinski definition) is 4. The molecule has 0 saturated carbocycles. The summed E-state index contributed by atoms with van der Waals surface area (Å²) in [6.07, 6.45) is 0. The minimum absolute atomic E-state index is 0.0595. The van der Waals surface area contributed by atoms with E-state index in [4.69, 9.17) is 0 Å². The van der Waals surface area contributed by atoms with E-state index in [0.29, 0.717) is 16.6 Å². The van der Waals surface area contributed by atoms with Crippen molar-refractivity contribution >= 4 is 22.1 Å². The van der Waals surface area contributed by atoms with E-state index >= 15 is 0 Å². The Labute approximate surface area is 121 Å². The highest BCUT2D eigenvalue weighted by molar-refractivity contribution is 6.00. The molecule has 0 fully saturated rings. The van der Waals surface area contributed by atoms with Crippen LogP contribution < -0.4 is 5.32 Å². The van der Waals surface area contributed by atoms with E-state index in [0.717, 1.165) is 11.1 Å². The van der Waals surface area contributed by atoms with Gasteiger partial charge in [-0.25, -0.2) is 0 Å². The lowest BCUT2D eigenvalue weighted by Gasteiger charge is -2.14. The Hall–Kier alpha value is -2.88. The standard InChI is InChI=1S/C17H15NO3/c1-10-14(5-3-6-16(10)20)18-15-9-11(19)8-13-12(15)4-2-7-17(13)21/h2-9,18-21H,1H3. The van der Waals surface area contributed by atoms with Crippen molar-refractivity contribution in [1.29, 1.82) is 0 Å². The van der Waals surface area contributed by atoms with E-state index in [9.17, 15) is 15.3 Å². The van der Waals surface area contributed by atoms with Crippen molar-refractivity contribution in [3.05, 3.63) is 54.1 Å². The van der Waals surface area contributed by atoms with Crippen molar-refractivity contribution in [2.24, 2.45) is 0 Å². The molecule has 4 N–H and O–H groups in total. The van der Waals surface area contributed by atoms with Crippen LogP contribution in [-0.2, 0) is 0 Å². The van der Waals surface area contributed by atoms with Crippen LogP contribution >= 0.6 is 0 Å². The van der Waals surface area contributed by atoms with Gasteiger partial charge in [0.2, 0.25) is 0 Å². The van der Waals surface area contributed by atoms with E-state index in [-0.39, 0.29) is 17.2 Å². The first-order chi connectivity index (χ1) is 10.1. The molecule has 3 aromatic carbocycles. The van der Waals surface area contributed by atoms with Crippen molar-refractivity contribution < 1.29 is 15.3 Å². The topological polar surface area (TPSA) is 72.7 Å². The zero-order chi connectivity index (χ0) is 15.0. The summed E-state index contributed by atoms with van der Waals surface area (Å²) in [5.74, 6) is 0.371. The van der Waals surface area contributed by atoms with Crippen LogP contribution in [-0.4, -0.2) is 15.3 Å². The van der Waals surface area contributed by atoms with Gasteiger partial charge in [-0.1, -0.05) is 18.2 Å². The lowest BCUT2D eigenvalue weighted by Crippen LogP contribution is -1.94. The number of fused-ring (bicyclic) bond motifs is 1. The van der Waals surface area contributed by atoms with Gasteiger partial charge < -0.3 is 20.6 Å². The average Bonchev–Trinajstić information content (AvgIpc) is 2.45. The maximum absolute atomic E-state index is 9.91. The highest BCUT2D eigenvalue weighted by Gasteiger charge is 2.09. The number of hydrogen-bond acceptors (Lipinski definition) is 4. The first-order valence-electron chi connectivity index (χ1n) is 6.56. The van der Waals surface area contributed by atoms with E-state index in [2.05, 4.69) is 5.32 Å². The molecule has 0 aromatic heterocycles. The van der Waals surface area contributed by atoms with Crippen LogP contribution in [0.15, 0.2) is 48.5 Å². The summed E-state index contributed by atoms with van der Waals surface area (Å²) in [7, 11) is 0. The van der Waals surface area contributed by atoms with Gasteiger partial charge in [0.05, 0.1) is 5.69 Å². The predicted octanol–water partition coefficient (Wildman–Crippen LogP) is 4.01. The molecule has 0 spiro atoms. The third-order valence-electron chi connectivity index (χ3n) is 3.53. The summed E-state index contributed by atoms with van der Waals surface area (Å²) in [5.41, 5.74) is 2.12. The third kappa shape index (κ3) is 2.31. The second-order valence-corrected chi connectivity index (χ2v) is 4.94. The first-order valence-corrected chi connectivity index (χ1v) is 6.56. The average molecular weight is 281 g/mol. The first kappa shape index (κ1) is 13.1. The van der Waals surface area contributed by atoms with E-state index in [1.54, 1.807) is 37.3 Å². The smallest absolute Gasteiger partial charge is 0.123 e. The zero-order valence-electron chi connectivity index (χ0n) is 11.5. The van der Waals surface area contributed by atoms with Crippen molar-refractivity contribution in [3.8, 4) is 17.2 Å². The molecule has 21 heavy (non-hydrogen) atoms. The fourth-order valence-electron chi connectivity index (χ4n) is 2.36. The molecule has 3 rings (SSSR count). The molecular formula is C17H15NO3. The number of anilines is 2. The lowest BCUT2D eigenvalue weighted by atomic mass is 10.1. The number of aromatic hydroxyl groups is 3. The second kappa shape index (κ2) is 4.90. The highest BCUT2D eigenvalue weighted by atomic mass is 16.3. The number of phenols is 3. The molecule has 0 aliphatic carbocycles. The molecule has 0 amide bonds. The minimum atomic E-state index is 0.0595. The number of nitrogens with one attached hydrogen (secondary N) is 1. The summed E-state index contributed by atoms with van der Waals surface area (Å²) in [4.78, 5) is 0. The number of phenolic OH excluding ortho intramolecular Hbond substituents is 3. The number of rotatable bonds is 2. The summed E-state index contributed by atoms with van der Waals surface area (Å²) in [6, 6.07) is 13.5. The lowest BCUT2D eigenvalue weighted by molar-refractivity contribution is 0.471. The molecule has 0 radical (unpaired) electrons. The van der Waals surface area contributed by atoms with E-state index < -0.39 is 0 Å². The molecule has 4 heteroatoms. The molecule has 106 valence electrons. The van der Waals surface area contributed by atoms with Gasteiger partial charge in [0.15, 0.2) is 0 Å². The third-order valence-corrected chi connectivity index (χ3v) is 3.53. The summed E-state index contributed by atoms with van der Waals surface area (Å²) >= 11 is 0. The maximum atomic E-state index is 9.91. The van der Waals surface area contributed by atoms with Crippen LogP contribution in [0.3, 0.4) is 0 Å². The number of benzene rings is 3. The fourth-order valence-corrected chi connectivity index (χ4v) is 2.36. The Balaban J connectivity index is 2.17. The molecule has 4 nitrogen and oxygen atoms in total. The van der Waals surface area contributed by atoms with E-state index in [1.165, 1.54) is 6.07 Å². The molecule has 0 aliphatic rings. The molecule has 0 unspecified atom stereocenters. The van der Waals surface area contributed by atoms with Crippen molar-refractivity contribution in [1.82, 2.24) is 0 Å². The van der Waals surface area contributed by atoms with Gasteiger partial charge in [0.25, 0.3) is 0 Å². The van der Waals surface area contributed by atoms with Crippen molar-refractivity contribution in [2.75, 3.05) is 5.32 Å². The Morgan fingerprint density at radius 1 is 0.762 bits per heavy atom. The van der Waals surface area contributed by atoms with Crippen molar-refractivity contribution in [2.45, 2.75) is 6.92 Å². The molecule has 0 heterocycles. The monoisotopic (exact) mass is 281 g/mol. The van der Waals surface area contributed by atoms with Crippen LogP contribution in [0.4, 0.5) is 11.4 Å². The zero-order valence-corrected chi connectivity index (χ0v) is 11.5. The fraction of sp³-hybridized carbons (Fsp3) is 0.0588. The normalized spacial score (nSPS) is 10.7. The van der Waals surface area contributed by atoms with Crippen LogP contribution in [0.1, 0.15) is 5.56 Å². The quantitative estimate of drug-likeness (QED) is 0.572. The second-order valence-electron chi connectivity index (χ2n) is 4.94. The molecule has 3 aromatic rings. The van der Waals surface area contributed by atoms with Gasteiger partial charge in [-0.3, -0.25) is 0 Å². The Kier molecular flexibility index (Phi) is 3.06. The van der Waals surface area contributed by atoms with Gasteiger partial charge in [-0.2, -0.15) is 0 Å².